The highest BCUT2D eigenvalue weighted by Crippen LogP contribution is 2.19. The molecule has 0 aliphatic carbocycles. The summed E-state index contributed by atoms with van der Waals surface area (Å²) in [5.41, 5.74) is 26.4. The molecule has 9 N–H and O–H groups in total. The van der Waals surface area contributed by atoms with Crippen LogP contribution < -0.4 is 33.2 Å². The van der Waals surface area contributed by atoms with Crippen LogP contribution in [0.2, 0.25) is 0 Å². The van der Waals surface area contributed by atoms with E-state index in [9.17, 15) is 0 Å². The number of nitrogens with two attached hydrogens (primary N) is 3. The van der Waals surface area contributed by atoms with Gasteiger partial charge in [0.05, 0.1) is 0 Å². The molecule has 0 amide bonds. The van der Waals surface area contributed by atoms with Gasteiger partial charge in [0.15, 0.2) is 0 Å². The highest BCUT2D eigenvalue weighted by Gasteiger charge is 2.04. The molecule has 4 rings (SSSR count). The molecular formula is C27H30N6. The quantitative estimate of drug-likeness (QED) is 0.198. The van der Waals surface area contributed by atoms with Crippen molar-refractivity contribution in [3.63, 3.8) is 0 Å². The van der Waals surface area contributed by atoms with Gasteiger partial charge in [-0.1, -0.05) is 18.2 Å². The van der Waals surface area contributed by atoms with Crippen LogP contribution in [0.25, 0.3) is 0 Å². The van der Waals surface area contributed by atoms with E-state index in [4.69, 9.17) is 17.2 Å². The van der Waals surface area contributed by atoms with E-state index in [0.717, 1.165) is 34.1 Å². The molecule has 0 atom stereocenters. The van der Waals surface area contributed by atoms with E-state index in [1.165, 1.54) is 16.7 Å². The summed E-state index contributed by atoms with van der Waals surface area (Å²) in [7, 11) is 0. The molecule has 33 heavy (non-hydrogen) atoms. The van der Waals surface area contributed by atoms with Gasteiger partial charge in [0.25, 0.3) is 0 Å². The molecule has 0 aliphatic heterocycles. The maximum absolute atomic E-state index is 5.80. The Kier molecular flexibility index (Phi) is 6.85. The second-order valence-corrected chi connectivity index (χ2v) is 8.08. The number of nitrogens with one attached hydrogen (secondary N) is 3. The molecular weight excluding hydrogens is 408 g/mol. The summed E-state index contributed by atoms with van der Waals surface area (Å²) < 4.78 is 0. The second-order valence-electron chi connectivity index (χ2n) is 8.08. The lowest BCUT2D eigenvalue weighted by molar-refractivity contribution is 1.06. The van der Waals surface area contributed by atoms with Crippen LogP contribution in [-0.2, 0) is 19.6 Å². The van der Waals surface area contributed by atoms with Crippen molar-refractivity contribution in [3.05, 3.63) is 108 Å². The van der Waals surface area contributed by atoms with Gasteiger partial charge in [0.2, 0.25) is 0 Å². The van der Waals surface area contributed by atoms with Gasteiger partial charge in [-0.3, -0.25) is 0 Å². The minimum absolute atomic E-state index is 0.717. The largest absolute Gasteiger partial charge is 0.399 e. The lowest BCUT2D eigenvalue weighted by atomic mass is 10.0. The van der Waals surface area contributed by atoms with Gasteiger partial charge < -0.3 is 33.2 Å². The van der Waals surface area contributed by atoms with Crippen molar-refractivity contribution < 1.29 is 0 Å². The van der Waals surface area contributed by atoms with E-state index < -0.39 is 0 Å². The molecule has 0 aliphatic rings. The fourth-order valence-electron chi connectivity index (χ4n) is 3.56. The van der Waals surface area contributed by atoms with E-state index in [-0.39, 0.29) is 0 Å². The van der Waals surface area contributed by atoms with Crippen molar-refractivity contribution in [2.75, 3.05) is 33.2 Å². The molecule has 0 bridgehead atoms. The first-order valence-corrected chi connectivity index (χ1v) is 10.9. The highest BCUT2D eigenvalue weighted by molar-refractivity contribution is 5.54. The predicted octanol–water partition coefficient (Wildman–Crippen LogP) is 5.27. The summed E-state index contributed by atoms with van der Waals surface area (Å²) in [6.07, 6.45) is 0. The topological polar surface area (TPSA) is 114 Å². The zero-order chi connectivity index (χ0) is 23.0. The maximum Gasteiger partial charge on any atom is 0.0401 e. The minimum Gasteiger partial charge on any atom is -0.399 e. The first-order valence-electron chi connectivity index (χ1n) is 10.9. The minimum atomic E-state index is 0.717. The Hall–Kier alpha value is -4.32. The molecule has 0 spiro atoms. The summed E-state index contributed by atoms with van der Waals surface area (Å²) in [6.45, 7) is 2.15. The Morgan fingerprint density at radius 2 is 0.636 bits per heavy atom. The Balaban J connectivity index is 1.48. The van der Waals surface area contributed by atoms with Crippen molar-refractivity contribution in [1.82, 2.24) is 0 Å². The molecule has 0 aromatic heterocycles. The third-order valence-electron chi connectivity index (χ3n) is 5.33. The zero-order valence-corrected chi connectivity index (χ0v) is 18.5. The Labute approximate surface area is 194 Å². The molecule has 4 aromatic rings. The van der Waals surface area contributed by atoms with Gasteiger partial charge >= 0.3 is 0 Å². The number of hydrogen-bond acceptors (Lipinski definition) is 6. The fourth-order valence-corrected chi connectivity index (χ4v) is 3.56. The zero-order valence-electron chi connectivity index (χ0n) is 18.5. The number of nitrogen functional groups attached to an aromatic ring is 3. The smallest absolute Gasteiger partial charge is 0.0401 e. The maximum atomic E-state index is 5.80. The molecule has 0 radical (unpaired) electrons. The van der Waals surface area contributed by atoms with Gasteiger partial charge in [0.1, 0.15) is 0 Å². The molecule has 0 unspecified atom stereocenters. The summed E-state index contributed by atoms with van der Waals surface area (Å²) >= 11 is 0. The van der Waals surface area contributed by atoms with Gasteiger partial charge in [0, 0.05) is 53.8 Å². The summed E-state index contributed by atoms with van der Waals surface area (Å²) in [5, 5.41) is 10.4. The Bertz CT molecular complexity index is 1010. The van der Waals surface area contributed by atoms with Crippen molar-refractivity contribution in [2.24, 2.45) is 0 Å². The number of rotatable bonds is 9. The summed E-state index contributed by atoms with van der Waals surface area (Å²) in [6, 6.07) is 30.0. The Morgan fingerprint density at radius 3 is 0.879 bits per heavy atom. The van der Waals surface area contributed by atoms with Crippen LogP contribution in [0.15, 0.2) is 91.0 Å². The van der Waals surface area contributed by atoms with Crippen LogP contribution in [0.1, 0.15) is 16.7 Å². The fraction of sp³-hybridized carbons (Fsp3) is 0.111. The molecule has 0 heterocycles. The number of benzene rings is 4. The number of anilines is 6. The predicted molar refractivity (Wildman–Crippen MR) is 141 cm³/mol. The van der Waals surface area contributed by atoms with Crippen molar-refractivity contribution in [1.29, 1.82) is 0 Å². The summed E-state index contributed by atoms with van der Waals surface area (Å²) in [5.74, 6) is 0. The van der Waals surface area contributed by atoms with E-state index in [1.54, 1.807) is 0 Å². The van der Waals surface area contributed by atoms with Crippen LogP contribution >= 0.6 is 0 Å². The van der Waals surface area contributed by atoms with Crippen molar-refractivity contribution >= 4 is 34.1 Å². The molecule has 4 aromatic carbocycles. The van der Waals surface area contributed by atoms with Crippen LogP contribution in [0.3, 0.4) is 0 Å². The monoisotopic (exact) mass is 438 g/mol. The van der Waals surface area contributed by atoms with Gasteiger partial charge in [-0.2, -0.15) is 0 Å². The van der Waals surface area contributed by atoms with E-state index >= 15 is 0 Å². The SMILES string of the molecule is Nc1ccc(NCc2cc(CNc3ccc(N)cc3)cc(CNc3ccc(N)cc3)c2)cc1. The molecule has 0 fully saturated rings. The lowest BCUT2D eigenvalue weighted by Gasteiger charge is -2.14. The average Bonchev–Trinajstić information content (AvgIpc) is 2.83. The molecule has 168 valence electrons. The third kappa shape index (κ3) is 6.58. The standard InChI is InChI=1S/C27H30N6/c28-22-1-7-25(8-2-22)31-16-19-13-20(17-32-26-9-3-23(29)4-10-26)15-21(14-19)18-33-27-11-5-24(30)6-12-27/h1-15,31-33H,16-18,28-30H2. The van der Waals surface area contributed by atoms with Crippen molar-refractivity contribution in [3.8, 4) is 0 Å². The first-order chi connectivity index (χ1) is 16.0. The van der Waals surface area contributed by atoms with Crippen LogP contribution in [0.5, 0.6) is 0 Å². The van der Waals surface area contributed by atoms with Crippen LogP contribution in [0.4, 0.5) is 34.1 Å². The second kappa shape index (κ2) is 10.3. The normalized spacial score (nSPS) is 10.5. The lowest BCUT2D eigenvalue weighted by Crippen LogP contribution is -2.07. The first kappa shape index (κ1) is 21.9. The third-order valence-corrected chi connectivity index (χ3v) is 5.33. The van der Waals surface area contributed by atoms with E-state index in [0.29, 0.717) is 19.6 Å². The highest BCUT2D eigenvalue weighted by atomic mass is 14.9. The van der Waals surface area contributed by atoms with Crippen molar-refractivity contribution in [2.45, 2.75) is 19.6 Å². The van der Waals surface area contributed by atoms with E-state index in [1.807, 2.05) is 72.8 Å². The molecule has 6 heteroatoms. The average molecular weight is 439 g/mol. The molecule has 0 saturated heterocycles. The molecule has 0 saturated carbocycles. The summed E-state index contributed by atoms with van der Waals surface area (Å²) in [4.78, 5) is 0. The van der Waals surface area contributed by atoms with Gasteiger partial charge in [-0.25, -0.2) is 0 Å². The number of hydrogen-bond donors (Lipinski definition) is 6. The molecule has 6 nitrogen and oxygen atoms in total. The van der Waals surface area contributed by atoms with Crippen LogP contribution in [-0.4, -0.2) is 0 Å². The van der Waals surface area contributed by atoms with Crippen LogP contribution in [0, 0.1) is 0 Å². The Morgan fingerprint density at radius 1 is 0.394 bits per heavy atom. The van der Waals surface area contributed by atoms with Gasteiger partial charge in [-0.15, -0.1) is 0 Å². The van der Waals surface area contributed by atoms with Gasteiger partial charge in [-0.05, 0) is 89.5 Å². The van der Waals surface area contributed by atoms with E-state index in [2.05, 4.69) is 34.1 Å².